The molecule has 6 nitrogen and oxygen atoms in total. The van der Waals surface area contributed by atoms with E-state index in [1.54, 1.807) is 0 Å². The Morgan fingerprint density at radius 2 is 0.828 bits per heavy atom. The van der Waals surface area contributed by atoms with Gasteiger partial charge in [0.1, 0.15) is 6.10 Å². The summed E-state index contributed by atoms with van der Waals surface area (Å²) in [6.07, 6.45) is 63.4. The number of amides is 1. The standard InChI is InChI=1S/C58H107NO5/c1-4-7-10-13-16-19-22-24-26-27-28-29-31-33-36-39-42-45-48-51-58(63)64-54(49-46-43-40-37-35-32-30-25-23-20-17-14-11-8-5-2)52-57(62)59-55(53-60)56(61)50-47-44-41-38-34-21-18-15-12-9-6-3/h17,20,25,30,35,37,43,46,54-56,60-61H,4-16,18-19,21-24,26-29,31-34,36,38-42,44-45,47-53H2,1-3H3,(H,59,62)/b20-17-,30-25-,37-35-,46-43-. The smallest absolute Gasteiger partial charge is 0.306 e. The zero-order valence-electron chi connectivity index (χ0n) is 42.7. The molecule has 0 aromatic heterocycles. The molecule has 64 heavy (non-hydrogen) atoms. The summed E-state index contributed by atoms with van der Waals surface area (Å²) in [6.45, 7) is 6.44. The van der Waals surface area contributed by atoms with E-state index >= 15 is 0 Å². The van der Waals surface area contributed by atoms with Crippen molar-refractivity contribution in [2.45, 2.75) is 302 Å². The summed E-state index contributed by atoms with van der Waals surface area (Å²) < 4.78 is 5.89. The quantitative estimate of drug-likeness (QED) is 0.0321. The molecule has 0 aliphatic rings. The van der Waals surface area contributed by atoms with Crippen molar-refractivity contribution in [3.63, 3.8) is 0 Å². The summed E-state index contributed by atoms with van der Waals surface area (Å²) in [5.74, 6) is -0.565. The molecular weight excluding hydrogens is 791 g/mol. The van der Waals surface area contributed by atoms with Crippen LogP contribution in [0.5, 0.6) is 0 Å². The van der Waals surface area contributed by atoms with Crippen LogP contribution in [0.15, 0.2) is 48.6 Å². The van der Waals surface area contributed by atoms with E-state index < -0.39 is 18.2 Å². The second-order valence-electron chi connectivity index (χ2n) is 19.0. The molecule has 0 rings (SSSR count). The summed E-state index contributed by atoms with van der Waals surface area (Å²) in [5.41, 5.74) is 0. The Hall–Kier alpha value is -2.18. The van der Waals surface area contributed by atoms with Crippen LogP contribution >= 0.6 is 0 Å². The van der Waals surface area contributed by atoms with Gasteiger partial charge in [-0.3, -0.25) is 9.59 Å². The first-order valence-electron chi connectivity index (χ1n) is 27.9. The second kappa shape index (κ2) is 51.8. The van der Waals surface area contributed by atoms with Crippen LogP contribution < -0.4 is 5.32 Å². The van der Waals surface area contributed by atoms with Gasteiger partial charge in [-0.05, 0) is 44.9 Å². The number of carbonyl (C=O) groups excluding carboxylic acids is 2. The highest BCUT2D eigenvalue weighted by Crippen LogP contribution is 2.17. The predicted octanol–water partition coefficient (Wildman–Crippen LogP) is 17.0. The van der Waals surface area contributed by atoms with Crippen molar-refractivity contribution in [1.82, 2.24) is 5.32 Å². The highest BCUT2D eigenvalue weighted by atomic mass is 16.5. The number of aliphatic hydroxyl groups is 2. The third-order valence-corrected chi connectivity index (χ3v) is 12.7. The second-order valence-corrected chi connectivity index (χ2v) is 19.0. The van der Waals surface area contributed by atoms with Gasteiger partial charge >= 0.3 is 5.97 Å². The van der Waals surface area contributed by atoms with Gasteiger partial charge in [0.15, 0.2) is 0 Å². The van der Waals surface area contributed by atoms with Crippen molar-refractivity contribution in [3.8, 4) is 0 Å². The summed E-state index contributed by atoms with van der Waals surface area (Å²) in [4.78, 5) is 26.2. The normalized spacial score (nSPS) is 13.5. The van der Waals surface area contributed by atoms with Crippen LogP contribution in [0, 0.1) is 0 Å². The van der Waals surface area contributed by atoms with Gasteiger partial charge in [0.05, 0.1) is 25.2 Å². The van der Waals surface area contributed by atoms with Crippen molar-refractivity contribution in [2.24, 2.45) is 0 Å². The molecule has 0 spiro atoms. The molecule has 0 saturated carbocycles. The molecule has 6 heteroatoms. The number of rotatable bonds is 50. The largest absolute Gasteiger partial charge is 0.461 e. The molecule has 0 saturated heterocycles. The number of ether oxygens (including phenoxy) is 1. The molecular formula is C58H107NO5. The maximum Gasteiger partial charge on any atom is 0.306 e. The summed E-state index contributed by atoms with van der Waals surface area (Å²) in [7, 11) is 0. The van der Waals surface area contributed by atoms with Crippen molar-refractivity contribution in [2.75, 3.05) is 6.61 Å². The lowest BCUT2D eigenvalue weighted by Gasteiger charge is -2.24. The molecule has 0 aliphatic carbocycles. The Morgan fingerprint density at radius 3 is 1.25 bits per heavy atom. The first-order valence-corrected chi connectivity index (χ1v) is 27.9. The fourth-order valence-electron chi connectivity index (χ4n) is 8.41. The van der Waals surface area contributed by atoms with Crippen LogP contribution in [0.4, 0.5) is 0 Å². The molecule has 0 aromatic carbocycles. The molecule has 0 aliphatic heterocycles. The Morgan fingerprint density at radius 1 is 0.469 bits per heavy atom. The number of allylic oxidation sites excluding steroid dienone is 7. The Balaban J connectivity index is 4.61. The highest BCUT2D eigenvalue weighted by Gasteiger charge is 2.23. The van der Waals surface area contributed by atoms with Crippen molar-refractivity contribution in [1.29, 1.82) is 0 Å². The Bertz CT molecular complexity index is 1100. The van der Waals surface area contributed by atoms with Gasteiger partial charge in [0.25, 0.3) is 0 Å². The summed E-state index contributed by atoms with van der Waals surface area (Å²) in [5, 5.41) is 23.7. The lowest BCUT2D eigenvalue weighted by molar-refractivity contribution is -0.150. The van der Waals surface area contributed by atoms with Gasteiger partial charge in [-0.1, -0.05) is 268 Å². The minimum absolute atomic E-state index is 0.00459. The fraction of sp³-hybridized carbons (Fsp3) is 0.828. The Labute approximate surface area is 397 Å². The third-order valence-electron chi connectivity index (χ3n) is 12.7. The van der Waals surface area contributed by atoms with Gasteiger partial charge in [-0.25, -0.2) is 0 Å². The summed E-state index contributed by atoms with van der Waals surface area (Å²) in [6, 6.07) is -0.729. The fourth-order valence-corrected chi connectivity index (χ4v) is 8.41. The zero-order valence-corrected chi connectivity index (χ0v) is 42.7. The summed E-state index contributed by atoms with van der Waals surface area (Å²) >= 11 is 0. The topological polar surface area (TPSA) is 95.9 Å². The number of hydrogen-bond acceptors (Lipinski definition) is 5. The first kappa shape index (κ1) is 61.8. The van der Waals surface area contributed by atoms with Gasteiger partial charge in [0, 0.05) is 12.8 Å². The average Bonchev–Trinajstić information content (AvgIpc) is 3.29. The van der Waals surface area contributed by atoms with E-state index in [0.29, 0.717) is 19.3 Å². The number of hydrogen-bond donors (Lipinski definition) is 3. The van der Waals surface area contributed by atoms with E-state index in [9.17, 15) is 19.8 Å². The molecule has 0 aromatic rings. The molecule has 374 valence electrons. The maximum atomic E-state index is 13.2. The molecule has 1 amide bonds. The highest BCUT2D eigenvalue weighted by molar-refractivity contribution is 5.77. The first-order chi connectivity index (χ1) is 31.5. The van der Waals surface area contributed by atoms with E-state index in [1.807, 2.05) is 6.08 Å². The van der Waals surface area contributed by atoms with Gasteiger partial charge in [0.2, 0.25) is 5.91 Å². The molecule has 3 atom stereocenters. The lowest BCUT2D eigenvalue weighted by Crippen LogP contribution is -2.46. The minimum atomic E-state index is -0.809. The maximum absolute atomic E-state index is 13.2. The Kier molecular flexibility index (Phi) is 50.0. The van der Waals surface area contributed by atoms with E-state index in [2.05, 4.69) is 68.6 Å². The van der Waals surface area contributed by atoms with E-state index in [0.717, 1.165) is 57.8 Å². The predicted molar refractivity (Wildman–Crippen MR) is 278 cm³/mol. The van der Waals surface area contributed by atoms with Crippen molar-refractivity contribution < 1.29 is 24.5 Å². The molecule has 0 fully saturated rings. The van der Waals surface area contributed by atoms with E-state index in [1.165, 1.54) is 180 Å². The van der Waals surface area contributed by atoms with Gasteiger partial charge in [-0.15, -0.1) is 0 Å². The number of carbonyl (C=O) groups is 2. The molecule has 0 radical (unpaired) electrons. The minimum Gasteiger partial charge on any atom is -0.461 e. The van der Waals surface area contributed by atoms with Gasteiger partial charge < -0.3 is 20.3 Å². The SMILES string of the molecule is CCCCC/C=C\C/C=C\C/C=C\C/C=C\CC(CC(=O)NC(CO)C(O)CCCCCCCCCCCCC)OC(=O)CCCCCCCCCCCCCCCCCCCCC. The van der Waals surface area contributed by atoms with Crippen molar-refractivity contribution >= 4 is 11.9 Å². The number of esters is 1. The number of aliphatic hydroxyl groups excluding tert-OH is 2. The average molecular weight is 898 g/mol. The zero-order chi connectivity index (χ0) is 46.7. The van der Waals surface area contributed by atoms with Crippen LogP contribution in [0.2, 0.25) is 0 Å². The third kappa shape index (κ3) is 46.4. The van der Waals surface area contributed by atoms with E-state index in [-0.39, 0.29) is 24.9 Å². The van der Waals surface area contributed by atoms with Gasteiger partial charge in [-0.2, -0.15) is 0 Å². The molecule has 0 bridgehead atoms. The van der Waals surface area contributed by atoms with Crippen LogP contribution in [0.3, 0.4) is 0 Å². The lowest BCUT2D eigenvalue weighted by atomic mass is 10.0. The molecule has 0 heterocycles. The monoisotopic (exact) mass is 898 g/mol. The molecule has 3 unspecified atom stereocenters. The molecule has 3 N–H and O–H groups in total. The van der Waals surface area contributed by atoms with Crippen LogP contribution in [0.1, 0.15) is 284 Å². The number of unbranched alkanes of at least 4 members (excludes halogenated alkanes) is 31. The van der Waals surface area contributed by atoms with Crippen LogP contribution in [-0.4, -0.2) is 46.9 Å². The van der Waals surface area contributed by atoms with Crippen molar-refractivity contribution in [3.05, 3.63) is 48.6 Å². The number of nitrogens with one attached hydrogen (secondary N) is 1. The van der Waals surface area contributed by atoms with Crippen LogP contribution in [0.25, 0.3) is 0 Å². The van der Waals surface area contributed by atoms with E-state index in [4.69, 9.17) is 4.74 Å². The van der Waals surface area contributed by atoms with Crippen LogP contribution in [-0.2, 0) is 14.3 Å².